The molecule has 3 rings (SSSR count). The van der Waals surface area contributed by atoms with Crippen LogP contribution in [0.15, 0.2) is 72.8 Å². The van der Waals surface area contributed by atoms with Gasteiger partial charge in [0.2, 0.25) is 6.10 Å². The summed E-state index contributed by atoms with van der Waals surface area (Å²) in [5.74, 6) is -0.837. The fourth-order valence-corrected chi connectivity index (χ4v) is 3.06. The van der Waals surface area contributed by atoms with Crippen molar-refractivity contribution < 1.29 is 18.7 Å². The van der Waals surface area contributed by atoms with Crippen molar-refractivity contribution in [3.8, 4) is 17.6 Å². The molecule has 32 heavy (non-hydrogen) atoms. The highest BCUT2D eigenvalue weighted by molar-refractivity contribution is 5.80. The van der Waals surface area contributed by atoms with E-state index in [1.807, 2.05) is 57.2 Å². The van der Waals surface area contributed by atoms with E-state index in [-0.39, 0.29) is 11.7 Å². The first-order valence-electron chi connectivity index (χ1n) is 10.3. The van der Waals surface area contributed by atoms with Crippen molar-refractivity contribution in [1.29, 1.82) is 5.26 Å². The highest BCUT2D eigenvalue weighted by Gasteiger charge is 2.27. The van der Waals surface area contributed by atoms with E-state index >= 15 is 0 Å². The van der Waals surface area contributed by atoms with E-state index in [9.17, 15) is 14.4 Å². The summed E-state index contributed by atoms with van der Waals surface area (Å²) in [6.45, 7) is 5.75. The van der Waals surface area contributed by atoms with Crippen LogP contribution in [0.5, 0.6) is 11.5 Å². The highest BCUT2D eigenvalue weighted by Crippen LogP contribution is 2.29. The van der Waals surface area contributed by atoms with Crippen molar-refractivity contribution in [2.75, 3.05) is 5.32 Å². The summed E-state index contributed by atoms with van der Waals surface area (Å²) in [5, 5.41) is 12.8. The minimum Gasteiger partial charge on any atom is -0.454 e. The minimum atomic E-state index is -1.21. The topological polar surface area (TPSA) is 71.3 Å². The van der Waals surface area contributed by atoms with Crippen molar-refractivity contribution in [3.63, 3.8) is 0 Å². The van der Waals surface area contributed by atoms with E-state index in [2.05, 4.69) is 5.32 Å². The number of nitrogens with zero attached hydrogens (tertiary/aromatic N) is 1. The monoisotopic (exact) mass is 432 g/mol. The Morgan fingerprint density at radius 1 is 1.03 bits per heavy atom. The number of carbonyl (C=O) groups excluding carboxylic acids is 1. The molecule has 0 aliphatic carbocycles. The van der Waals surface area contributed by atoms with Crippen LogP contribution in [0, 0.1) is 30.0 Å². The average molecular weight is 432 g/mol. The molecule has 2 atom stereocenters. The lowest BCUT2D eigenvalue weighted by molar-refractivity contribution is -0.148. The van der Waals surface area contributed by atoms with Crippen LogP contribution in [0.25, 0.3) is 0 Å². The number of nitrogens with one attached hydrogen (secondary N) is 1. The van der Waals surface area contributed by atoms with Gasteiger partial charge in [0, 0.05) is 11.3 Å². The second-order valence-electron chi connectivity index (χ2n) is 7.78. The molecular formula is C26H25FN2O3. The molecule has 6 heteroatoms. The van der Waals surface area contributed by atoms with Crippen molar-refractivity contribution in [2.24, 2.45) is 5.92 Å². The predicted octanol–water partition coefficient (Wildman–Crippen LogP) is 6.17. The number of carbonyl (C=O) groups is 1. The van der Waals surface area contributed by atoms with Crippen LogP contribution >= 0.6 is 0 Å². The van der Waals surface area contributed by atoms with Crippen LogP contribution < -0.4 is 10.1 Å². The number of hydrogen-bond acceptors (Lipinski definition) is 5. The Bertz CT molecular complexity index is 1090. The summed E-state index contributed by atoms with van der Waals surface area (Å²) in [5.41, 5.74) is 2.21. The Morgan fingerprint density at radius 3 is 2.34 bits per heavy atom. The van der Waals surface area contributed by atoms with E-state index in [4.69, 9.17) is 9.47 Å². The van der Waals surface area contributed by atoms with Crippen molar-refractivity contribution in [1.82, 2.24) is 0 Å². The Balaban J connectivity index is 1.77. The summed E-state index contributed by atoms with van der Waals surface area (Å²) >= 11 is 0. The fourth-order valence-electron chi connectivity index (χ4n) is 3.06. The first-order valence-corrected chi connectivity index (χ1v) is 10.3. The SMILES string of the molecule is Cc1ccc(NC(C(=O)OC(C#N)c2ccc(F)c(Oc3ccccc3)c2)C(C)C)cc1. The molecule has 1 N–H and O–H groups in total. The van der Waals surface area contributed by atoms with Gasteiger partial charge in [0.05, 0.1) is 0 Å². The van der Waals surface area contributed by atoms with Gasteiger partial charge in [-0.25, -0.2) is 9.18 Å². The van der Waals surface area contributed by atoms with Crippen LogP contribution in [0.1, 0.15) is 31.1 Å². The molecule has 0 heterocycles. The zero-order valence-corrected chi connectivity index (χ0v) is 18.2. The van der Waals surface area contributed by atoms with E-state index in [0.717, 1.165) is 11.3 Å². The number of para-hydroxylation sites is 1. The number of rotatable bonds is 8. The van der Waals surface area contributed by atoms with Gasteiger partial charge in [-0.2, -0.15) is 5.26 Å². The third-order valence-electron chi connectivity index (χ3n) is 4.87. The normalized spacial score (nSPS) is 12.5. The Kier molecular flexibility index (Phi) is 7.45. The number of anilines is 1. The predicted molar refractivity (Wildman–Crippen MR) is 121 cm³/mol. The average Bonchev–Trinajstić information content (AvgIpc) is 2.79. The first kappa shape index (κ1) is 22.8. The molecule has 0 aliphatic heterocycles. The largest absolute Gasteiger partial charge is 0.454 e. The standard InChI is InChI=1S/C26H25FN2O3/c1-17(2)25(29-20-12-9-18(3)10-13-20)26(30)32-24(16-28)19-11-14-22(27)23(15-19)31-21-7-5-4-6-8-21/h4-15,17,24-25,29H,1-3H3. The van der Waals surface area contributed by atoms with Crippen LogP contribution in [0.4, 0.5) is 10.1 Å². The van der Waals surface area contributed by atoms with Gasteiger partial charge >= 0.3 is 5.97 Å². The number of hydrogen-bond donors (Lipinski definition) is 1. The maximum atomic E-state index is 14.3. The van der Waals surface area contributed by atoms with Crippen LogP contribution in [-0.4, -0.2) is 12.0 Å². The lowest BCUT2D eigenvalue weighted by Crippen LogP contribution is -2.36. The fraction of sp³-hybridized carbons (Fsp3) is 0.231. The third kappa shape index (κ3) is 5.86. The Morgan fingerprint density at radius 2 is 1.72 bits per heavy atom. The van der Waals surface area contributed by atoms with Gasteiger partial charge in [-0.3, -0.25) is 0 Å². The maximum absolute atomic E-state index is 14.3. The van der Waals surface area contributed by atoms with E-state index < -0.39 is 23.9 Å². The lowest BCUT2D eigenvalue weighted by Gasteiger charge is -2.23. The maximum Gasteiger partial charge on any atom is 0.330 e. The van der Waals surface area contributed by atoms with Crippen molar-refractivity contribution in [2.45, 2.75) is 32.9 Å². The molecular weight excluding hydrogens is 407 g/mol. The zero-order chi connectivity index (χ0) is 23.1. The van der Waals surface area contributed by atoms with E-state index in [0.29, 0.717) is 11.3 Å². The van der Waals surface area contributed by atoms with E-state index in [1.165, 1.54) is 18.2 Å². The molecule has 0 radical (unpaired) electrons. The molecule has 0 saturated heterocycles. The molecule has 0 spiro atoms. The molecule has 2 unspecified atom stereocenters. The molecule has 0 amide bonds. The third-order valence-corrected chi connectivity index (χ3v) is 4.87. The molecule has 0 fully saturated rings. The molecule has 0 aliphatic rings. The minimum absolute atomic E-state index is 0.0526. The molecule has 0 bridgehead atoms. The van der Waals surface area contributed by atoms with Crippen LogP contribution in [0.3, 0.4) is 0 Å². The summed E-state index contributed by atoms with van der Waals surface area (Å²) in [4.78, 5) is 12.9. The van der Waals surface area contributed by atoms with Gasteiger partial charge in [-0.1, -0.05) is 55.8 Å². The van der Waals surface area contributed by atoms with Crippen molar-refractivity contribution in [3.05, 3.63) is 89.7 Å². The number of aryl methyl sites for hydroxylation is 1. The van der Waals surface area contributed by atoms with Gasteiger partial charge in [0.1, 0.15) is 17.9 Å². The van der Waals surface area contributed by atoms with Crippen LogP contribution in [-0.2, 0) is 9.53 Å². The number of esters is 1. The summed E-state index contributed by atoms with van der Waals surface area (Å²) in [7, 11) is 0. The zero-order valence-electron chi connectivity index (χ0n) is 18.2. The Hall–Kier alpha value is -3.85. The Labute approximate surface area is 187 Å². The number of halogens is 1. The smallest absolute Gasteiger partial charge is 0.330 e. The number of ether oxygens (including phenoxy) is 2. The molecule has 164 valence electrons. The van der Waals surface area contributed by atoms with E-state index in [1.54, 1.807) is 24.3 Å². The van der Waals surface area contributed by atoms with Crippen LogP contribution in [0.2, 0.25) is 0 Å². The van der Waals surface area contributed by atoms with Gasteiger partial charge in [0.15, 0.2) is 11.6 Å². The summed E-state index contributed by atoms with van der Waals surface area (Å²) < 4.78 is 25.4. The summed E-state index contributed by atoms with van der Waals surface area (Å²) in [6, 6.07) is 21.7. The molecule has 5 nitrogen and oxygen atoms in total. The molecule has 0 aromatic heterocycles. The molecule has 3 aromatic carbocycles. The van der Waals surface area contributed by atoms with Crippen molar-refractivity contribution >= 4 is 11.7 Å². The van der Waals surface area contributed by atoms with Gasteiger partial charge < -0.3 is 14.8 Å². The van der Waals surface area contributed by atoms with Gasteiger partial charge in [-0.15, -0.1) is 0 Å². The molecule has 3 aromatic rings. The summed E-state index contributed by atoms with van der Waals surface area (Å²) in [6.07, 6.45) is -1.21. The second-order valence-corrected chi connectivity index (χ2v) is 7.78. The highest BCUT2D eigenvalue weighted by atomic mass is 19.1. The molecule has 0 saturated carbocycles. The van der Waals surface area contributed by atoms with Gasteiger partial charge in [-0.05, 0) is 49.2 Å². The second kappa shape index (κ2) is 10.5. The first-order chi connectivity index (χ1) is 15.4. The van der Waals surface area contributed by atoms with Gasteiger partial charge in [0.25, 0.3) is 0 Å². The number of benzene rings is 3. The lowest BCUT2D eigenvalue weighted by atomic mass is 10.0. The number of nitriles is 1. The quantitative estimate of drug-likeness (QED) is 0.431.